The molecule has 0 amide bonds. The van der Waals surface area contributed by atoms with E-state index in [1.54, 1.807) is 40.3 Å². The van der Waals surface area contributed by atoms with Crippen molar-refractivity contribution in [2.45, 2.75) is 0 Å². The molecule has 3 heterocycles. The van der Waals surface area contributed by atoms with E-state index >= 15 is 0 Å². The predicted molar refractivity (Wildman–Crippen MR) is 53.5 cm³/mol. The van der Waals surface area contributed by atoms with Crippen molar-refractivity contribution < 1.29 is 0 Å². The molecule has 0 fully saturated rings. The van der Waals surface area contributed by atoms with Crippen molar-refractivity contribution >= 4 is 5.96 Å². The van der Waals surface area contributed by atoms with Gasteiger partial charge in [-0.05, 0) is 0 Å². The topological polar surface area (TPSA) is 62.1 Å². The molecule has 73 valence electrons. The number of aromatic nitrogens is 4. The second-order valence-electron chi connectivity index (χ2n) is 2.92. The van der Waals surface area contributed by atoms with E-state index in [0.29, 0.717) is 5.96 Å². The molecule has 0 aromatic carbocycles. The van der Waals surface area contributed by atoms with Gasteiger partial charge in [0.2, 0.25) is 11.9 Å². The first-order chi connectivity index (χ1) is 7.45. The molecule has 3 rings (SSSR count). The largest absolute Gasteiger partial charge is 0.275 e. The summed E-state index contributed by atoms with van der Waals surface area (Å²) in [6, 6.07) is 0. The van der Waals surface area contributed by atoms with Crippen molar-refractivity contribution in [2.75, 3.05) is 0 Å². The average Bonchev–Trinajstić information content (AvgIpc) is 3.01. The first kappa shape index (κ1) is 7.98. The van der Waals surface area contributed by atoms with Gasteiger partial charge in [0.1, 0.15) is 6.33 Å². The fourth-order valence-corrected chi connectivity index (χ4v) is 1.38. The Morgan fingerprint density at radius 2 is 2.07 bits per heavy atom. The SMILES string of the molecule is C1=CN=C(n2ccnc2-n2ccnc2)[N]1. The van der Waals surface area contributed by atoms with Gasteiger partial charge in [0.15, 0.2) is 0 Å². The van der Waals surface area contributed by atoms with Crippen molar-refractivity contribution in [3.05, 3.63) is 43.5 Å². The van der Waals surface area contributed by atoms with Crippen LogP contribution in [0.2, 0.25) is 0 Å². The van der Waals surface area contributed by atoms with Gasteiger partial charge in [-0.15, -0.1) is 0 Å². The maximum atomic E-state index is 4.22. The first-order valence-corrected chi connectivity index (χ1v) is 4.41. The van der Waals surface area contributed by atoms with Crippen LogP contribution in [0.5, 0.6) is 0 Å². The molecule has 6 nitrogen and oxygen atoms in total. The van der Waals surface area contributed by atoms with Crippen molar-refractivity contribution in [3.63, 3.8) is 0 Å². The lowest BCUT2D eigenvalue weighted by atomic mass is 10.7. The minimum absolute atomic E-state index is 0.608. The molecule has 0 saturated heterocycles. The smallest absolute Gasteiger partial charge is 0.236 e. The summed E-state index contributed by atoms with van der Waals surface area (Å²) in [7, 11) is 0. The predicted octanol–water partition coefficient (Wildman–Crippen LogP) is 0.362. The molecular weight excluding hydrogens is 192 g/mol. The van der Waals surface area contributed by atoms with Crippen LogP contribution in [0, 0.1) is 0 Å². The van der Waals surface area contributed by atoms with Crippen LogP contribution in [0.4, 0.5) is 0 Å². The van der Waals surface area contributed by atoms with Crippen molar-refractivity contribution in [1.29, 1.82) is 0 Å². The van der Waals surface area contributed by atoms with Crippen molar-refractivity contribution in [2.24, 2.45) is 4.99 Å². The second-order valence-corrected chi connectivity index (χ2v) is 2.92. The molecule has 2 aromatic heterocycles. The molecule has 0 saturated carbocycles. The summed E-state index contributed by atoms with van der Waals surface area (Å²) in [5, 5.41) is 4.11. The highest BCUT2D eigenvalue weighted by Gasteiger charge is 2.11. The summed E-state index contributed by atoms with van der Waals surface area (Å²) in [6.07, 6.45) is 12.0. The Kier molecular flexibility index (Phi) is 1.64. The molecule has 0 aliphatic carbocycles. The number of nitrogens with zero attached hydrogens (tertiary/aromatic N) is 6. The molecule has 1 aliphatic heterocycles. The lowest BCUT2D eigenvalue weighted by Gasteiger charge is -2.05. The summed E-state index contributed by atoms with van der Waals surface area (Å²) >= 11 is 0. The Bertz CT molecular complexity index is 519. The van der Waals surface area contributed by atoms with E-state index in [0.717, 1.165) is 5.95 Å². The molecule has 1 aliphatic rings. The minimum atomic E-state index is 0.608. The zero-order valence-corrected chi connectivity index (χ0v) is 7.72. The molecule has 0 atom stereocenters. The van der Waals surface area contributed by atoms with Crippen LogP contribution in [-0.2, 0) is 0 Å². The highest BCUT2D eigenvalue weighted by molar-refractivity contribution is 5.86. The van der Waals surface area contributed by atoms with Gasteiger partial charge in [0, 0.05) is 37.2 Å². The molecule has 0 bridgehead atoms. The Balaban J connectivity index is 2.07. The fourth-order valence-electron chi connectivity index (χ4n) is 1.38. The van der Waals surface area contributed by atoms with Gasteiger partial charge < -0.3 is 0 Å². The monoisotopic (exact) mass is 199 g/mol. The fraction of sp³-hybridized carbons (Fsp3) is 0. The van der Waals surface area contributed by atoms with Crippen LogP contribution >= 0.6 is 0 Å². The third-order valence-corrected chi connectivity index (χ3v) is 2.02. The zero-order chi connectivity index (χ0) is 10.1. The zero-order valence-electron chi connectivity index (χ0n) is 7.72. The Morgan fingerprint density at radius 1 is 1.07 bits per heavy atom. The van der Waals surface area contributed by atoms with E-state index in [2.05, 4.69) is 20.3 Å². The van der Waals surface area contributed by atoms with Gasteiger partial charge in [-0.1, -0.05) is 0 Å². The van der Waals surface area contributed by atoms with Crippen LogP contribution in [0.3, 0.4) is 0 Å². The third-order valence-electron chi connectivity index (χ3n) is 2.02. The minimum Gasteiger partial charge on any atom is -0.275 e. The molecule has 0 unspecified atom stereocenters. The Labute approximate surface area is 85.6 Å². The number of hydrogen-bond donors (Lipinski definition) is 0. The van der Waals surface area contributed by atoms with Crippen molar-refractivity contribution in [3.8, 4) is 5.95 Å². The summed E-state index contributed by atoms with van der Waals surface area (Å²) in [4.78, 5) is 12.3. The van der Waals surface area contributed by atoms with Crippen LogP contribution < -0.4 is 5.32 Å². The van der Waals surface area contributed by atoms with Crippen LogP contribution in [-0.4, -0.2) is 25.1 Å². The summed E-state index contributed by atoms with van der Waals surface area (Å²) in [6.45, 7) is 0. The van der Waals surface area contributed by atoms with Crippen LogP contribution in [0.25, 0.3) is 5.95 Å². The second kappa shape index (κ2) is 3.09. The van der Waals surface area contributed by atoms with Gasteiger partial charge in [-0.25, -0.2) is 20.3 Å². The number of hydrogen-bond acceptors (Lipinski definition) is 3. The number of imidazole rings is 2. The Morgan fingerprint density at radius 3 is 2.80 bits per heavy atom. The summed E-state index contributed by atoms with van der Waals surface area (Å²) in [5.74, 6) is 1.33. The van der Waals surface area contributed by atoms with E-state index < -0.39 is 0 Å². The molecule has 6 heteroatoms. The highest BCUT2D eigenvalue weighted by atomic mass is 15.3. The van der Waals surface area contributed by atoms with E-state index in [4.69, 9.17) is 0 Å². The molecule has 0 spiro atoms. The van der Waals surface area contributed by atoms with E-state index in [-0.39, 0.29) is 0 Å². The van der Waals surface area contributed by atoms with Gasteiger partial charge >= 0.3 is 0 Å². The number of aliphatic imine (C=N–C) groups is 1. The van der Waals surface area contributed by atoms with Gasteiger partial charge in [0.25, 0.3) is 0 Å². The van der Waals surface area contributed by atoms with E-state index in [1.165, 1.54) is 0 Å². The molecule has 1 radical (unpaired) electrons. The summed E-state index contributed by atoms with van der Waals surface area (Å²) < 4.78 is 3.60. The van der Waals surface area contributed by atoms with Gasteiger partial charge in [-0.2, -0.15) is 0 Å². The quantitative estimate of drug-likeness (QED) is 0.665. The normalized spacial score (nSPS) is 14.0. The average molecular weight is 199 g/mol. The molecule has 15 heavy (non-hydrogen) atoms. The Hall–Kier alpha value is -2.37. The maximum absolute atomic E-state index is 4.22. The summed E-state index contributed by atoms with van der Waals surface area (Å²) in [5.41, 5.74) is 0. The molecule has 2 aromatic rings. The van der Waals surface area contributed by atoms with Gasteiger partial charge in [0.05, 0.1) is 0 Å². The molecule has 0 N–H and O–H groups in total. The van der Waals surface area contributed by atoms with Crippen LogP contribution in [0.15, 0.2) is 48.5 Å². The third kappa shape index (κ3) is 1.23. The lowest BCUT2D eigenvalue weighted by molar-refractivity contribution is 0.898. The highest BCUT2D eigenvalue weighted by Crippen LogP contribution is 2.06. The van der Waals surface area contributed by atoms with Gasteiger partial charge in [-0.3, -0.25) is 9.13 Å². The number of rotatable bonds is 1. The maximum Gasteiger partial charge on any atom is 0.236 e. The molecular formula is C9H7N6. The van der Waals surface area contributed by atoms with Crippen molar-refractivity contribution in [1.82, 2.24) is 24.4 Å². The van der Waals surface area contributed by atoms with Crippen LogP contribution in [0.1, 0.15) is 0 Å². The lowest BCUT2D eigenvalue weighted by Crippen LogP contribution is -2.19. The standard InChI is InChI=1S/C9H7N6/c1-2-12-8(11-1)15-6-4-13-9(15)14-5-3-10-7-14/h1-7H. The van der Waals surface area contributed by atoms with E-state index in [9.17, 15) is 0 Å². The first-order valence-electron chi connectivity index (χ1n) is 4.41. The van der Waals surface area contributed by atoms with E-state index in [1.807, 2.05) is 12.4 Å².